The summed E-state index contributed by atoms with van der Waals surface area (Å²) in [6.07, 6.45) is 0. The van der Waals surface area contributed by atoms with Gasteiger partial charge in [0.25, 0.3) is 0 Å². The van der Waals surface area contributed by atoms with Gasteiger partial charge in [-0.05, 0) is 26.3 Å². The van der Waals surface area contributed by atoms with Crippen LogP contribution < -0.4 is 0 Å². The van der Waals surface area contributed by atoms with Crippen LogP contribution in [0.25, 0.3) is 0 Å². The SMILES string of the molecule is Cc1cccc(Cn2nc(C)c(CCl)c2C)c1. The molecule has 2 nitrogen and oxygen atoms in total. The number of hydrogen-bond acceptors (Lipinski definition) is 1. The Balaban J connectivity index is 2.30. The van der Waals surface area contributed by atoms with Crippen LogP contribution in [-0.4, -0.2) is 9.78 Å². The Bertz CT molecular complexity index is 529. The summed E-state index contributed by atoms with van der Waals surface area (Å²) in [7, 11) is 0. The zero-order valence-corrected chi connectivity index (χ0v) is 11.3. The maximum Gasteiger partial charge on any atom is 0.0662 e. The average Bonchev–Trinajstić information content (AvgIpc) is 2.54. The van der Waals surface area contributed by atoms with E-state index in [1.54, 1.807) is 0 Å². The maximum atomic E-state index is 5.93. The van der Waals surface area contributed by atoms with E-state index in [0.717, 1.165) is 17.8 Å². The first-order valence-corrected chi connectivity index (χ1v) is 6.29. The summed E-state index contributed by atoms with van der Waals surface area (Å²) in [6.45, 7) is 7.01. The average molecular weight is 249 g/mol. The molecule has 1 aromatic carbocycles. The molecule has 1 aromatic heterocycles. The summed E-state index contributed by atoms with van der Waals surface area (Å²) in [4.78, 5) is 0. The third-order valence-electron chi connectivity index (χ3n) is 3.08. The molecule has 0 saturated heterocycles. The predicted molar refractivity (Wildman–Crippen MR) is 71.5 cm³/mol. The zero-order chi connectivity index (χ0) is 12.4. The number of aryl methyl sites for hydroxylation is 2. The van der Waals surface area contributed by atoms with Crippen LogP contribution in [0.5, 0.6) is 0 Å². The van der Waals surface area contributed by atoms with Crippen LogP contribution in [-0.2, 0) is 12.4 Å². The zero-order valence-electron chi connectivity index (χ0n) is 10.5. The highest BCUT2D eigenvalue weighted by Crippen LogP contribution is 2.17. The van der Waals surface area contributed by atoms with E-state index in [1.165, 1.54) is 16.8 Å². The van der Waals surface area contributed by atoms with Gasteiger partial charge in [-0.25, -0.2) is 0 Å². The van der Waals surface area contributed by atoms with Crippen molar-refractivity contribution in [3.8, 4) is 0 Å². The number of hydrogen-bond donors (Lipinski definition) is 0. The number of rotatable bonds is 3. The lowest BCUT2D eigenvalue weighted by Gasteiger charge is -2.06. The minimum Gasteiger partial charge on any atom is -0.265 e. The van der Waals surface area contributed by atoms with E-state index in [0.29, 0.717) is 5.88 Å². The van der Waals surface area contributed by atoms with Gasteiger partial charge in [-0.2, -0.15) is 5.10 Å². The Hall–Kier alpha value is -1.28. The lowest BCUT2D eigenvalue weighted by molar-refractivity contribution is 0.658. The summed E-state index contributed by atoms with van der Waals surface area (Å²) in [5.41, 5.74) is 5.90. The molecule has 17 heavy (non-hydrogen) atoms. The van der Waals surface area contributed by atoms with Crippen molar-refractivity contribution < 1.29 is 0 Å². The smallest absolute Gasteiger partial charge is 0.0662 e. The molecule has 0 atom stereocenters. The molecule has 1 heterocycles. The summed E-state index contributed by atoms with van der Waals surface area (Å²) in [6, 6.07) is 8.51. The highest BCUT2D eigenvalue weighted by atomic mass is 35.5. The molecular weight excluding hydrogens is 232 g/mol. The number of nitrogens with zero attached hydrogens (tertiary/aromatic N) is 2. The summed E-state index contributed by atoms with van der Waals surface area (Å²) < 4.78 is 2.03. The lowest BCUT2D eigenvalue weighted by atomic mass is 10.1. The second kappa shape index (κ2) is 4.92. The molecule has 0 saturated carbocycles. The monoisotopic (exact) mass is 248 g/mol. The van der Waals surface area contributed by atoms with Crippen molar-refractivity contribution in [2.24, 2.45) is 0 Å². The number of benzene rings is 1. The fraction of sp³-hybridized carbons (Fsp3) is 0.357. The third-order valence-corrected chi connectivity index (χ3v) is 3.35. The van der Waals surface area contributed by atoms with E-state index in [1.807, 2.05) is 11.6 Å². The molecule has 0 aliphatic heterocycles. The number of alkyl halides is 1. The molecule has 0 bridgehead atoms. The molecule has 3 heteroatoms. The van der Waals surface area contributed by atoms with Crippen molar-refractivity contribution in [3.05, 3.63) is 52.3 Å². The van der Waals surface area contributed by atoms with E-state index in [2.05, 4.69) is 43.2 Å². The number of halogens is 1. The lowest BCUT2D eigenvalue weighted by Crippen LogP contribution is -2.04. The molecule has 0 N–H and O–H groups in total. The molecule has 0 amide bonds. The highest BCUT2D eigenvalue weighted by molar-refractivity contribution is 6.17. The standard InChI is InChI=1S/C14H17ClN2/c1-10-5-4-6-13(7-10)9-17-12(3)14(8-15)11(2)16-17/h4-7H,8-9H2,1-3H3. The van der Waals surface area contributed by atoms with Gasteiger partial charge in [-0.1, -0.05) is 29.8 Å². The molecular formula is C14H17ClN2. The molecule has 0 radical (unpaired) electrons. The fourth-order valence-electron chi connectivity index (χ4n) is 2.06. The van der Waals surface area contributed by atoms with E-state index in [-0.39, 0.29) is 0 Å². The normalized spacial score (nSPS) is 10.8. The molecule has 0 fully saturated rings. The van der Waals surface area contributed by atoms with Crippen LogP contribution in [0.1, 0.15) is 28.1 Å². The van der Waals surface area contributed by atoms with Crippen molar-refractivity contribution in [2.45, 2.75) is 33.2 Å². The Morgan fingerprint density at radius 1 is 1.24 bits per heavy atom. The van der Waals surface area contributed by atoms with Gasteiger partial charge in [-0.15, -0.1) is 11.6 Å². The predicted octanol–water partition coefficient (Wildman–Crippen LogP) is 3.60. The van der Waals surface area contributed by atoms with E-state index < -0.39 is 0 Å². The van der Waals surface area contributed by atoms with Crippen LogP contribution in [0.2, 0.25) is 0 Å². The van der Waals surface area contributed by atoms with Crippen LogP contribution in [0.4, 0.5) is 0 Å². The second-order valence-electron chi connectivity index (χ2n) is 4.43. The van der Waals surface area contributed by atoms with Gasteiger partial charge >= 0.3 is 0 Å². The molecule has 0 unspecified atom stereocenters. The van der Waals surface area contributed by atoms with Gasteiger partial charge in [0.2, 0.25) is 0 Å². The van der Waals surface area contributed by atoms with Crippen LogP contribution in [0.3, 0.4) is 0 Å². The third kappa shape index (κ3) is 2.52. The fourth-order valence-corrected chi connectivity index (χ4v) is 2.45. The van der Waals surface area contributed by atoms with Gasteiger partial charge in [0.15, 0.2) is 0 Å². The maximum absolute atomic E-state index is 5.93. The van der Waals surface area contributed by atoms with Crippen LogP contribution in [0, 0.1) is 20.8 Å². The molecule has 90 valence electrons. The highest BCUT2D eigenvalue weighted by Gasteiger charge is 2.10. The molecule has 2 rings (SSSR count). The van der Waals surface area contributed by atoms with Gasteiger partial charge in [0, 0.05) is 11.3 Å². The Kier molecular flexibility index (Phi) is 3.53. The Morgan fingerprint density at radius 3 is 2.59 bits per heavy atom. The van der Waals surface area contributed by atoms with Crippen molar-refractivity contribution in [3.63, 3.8) is 0 Å². The molecule has 0 spiro atoms. The van der Waals surface area contributed by atoms with Crippen LogP contribution >= 0.6 is 11.6 Å². The van der Waals surface area contributed by atoms with E-state index in [9.17, 15) is 0 Å². The summed E-state index contributed by atoms with van der Waals surface area (Å²) in [5.74, 6) is 0.533. The first-order chi connectivity index (χ1) is 8.11. The Morgan fingerprint density at radius 2 is 2.00 bits per heavy atom. The van der Waals surface area contributed by atoms with Crippen molar-refractivity contribution in [1.29, 1.82) is 0 Å². The largest absolute Gasteiger partial charge is 0.265 e. The second-order valence-corrected chi connectivity index (χ2v) is 4.70. The van der Waals surface area contributed by atoms with E-state index >= 15 is 0 Å². The van der Waals surface area contributed by atoms with Gasteiger partial charge in [0.1, 0.15) is 0 Å². The van der Waals surface area contributed by atoms with Crippen molar-refractivity contribution in [1.82, 2.24) is 9.78 Å². The van der Waals surface area contributed by atoms with Gasteiger partial charge in [0.05, 0.1) is 18.1 Å². The van der Waals surface area contributed by atoms with Crippen LogP contribution in [0.15, 0.2) is 24.3 Å². The first-order valence-electron chi connectivity index (χ1n) is 5.76. The Labute approximate surface area is 107 Å². The minimum atomic E-state index is 0.533. The molecule has 0 aliphatic rings. The van der Waals surface area contributed by atoms with Gasteiger partial charge < -0.3 is 0 Å². The first kappa shape index (κ1) is 12.2. The van der Waals surface area contributed by atoms with Gasteiger partial charge in [-0.3, -0.25) is 4.68 Å². The van der Waals surface area contributed by atoms with E-state index in [4.69, 9.17) is 11.6 Å². The summed E-state index contributed by atoms with van der Waals surface area (Å²) in [5, 5.41) is 4.54. The quantitative estimate of drug-likeness (QED) is 0.759. The van der Waals surface area contributed by atoms with Crippen molar-refractivity contribution in [2.75, 3.05) is 0 Å². The number of aromatic nitrogens is 2. The molecule has 0 aliphatic carbocycles. The topological polar surface area (TPSA) is 17.8 Å². The minimum absolute atomic E-state index is 0.533. The molecule has 2 aromatic rings. The van der Waals surface area contributed by atoms with Crippen molar-refractivity contribution >= 4 is 11.6 Å². The summed E-state index contributed by atoms with van der Waals surface area (Å²) >= 11 is 5.93.